The number of carbonyl (C=O) groups is 1. The minimum atomic E-state index is -1.41. The summed E-state index contributed by atoms with van der Waals surface area (Å²) in [6.07, 6.45) is 1.27. The first-order valence-corrected chi connectivity index (χ1v) is 6.72. The van der Waals surface area contributed by atoms with Crippen LogP contribution in [0.2, 0.25) is 5.02 Å². The van der Waals surface area contributed by atoms with E-state index in [4.69, 9.17) is 21.1 Å². The minimum absolute atomic E-state index is 0.0574. The Hall–Kier alpha value is -1.59. The van der Waals surface area contributed by atoms with Crippen molar-refractivity contribution in [1.82, 2.24) is 0 Å². The van der Waals surface area contributed by atoms with E-state index in [1.165, 1.54) is 12.3 Å². The highest BCUT2D eigenvalue weighted by atomic mass is 35.5. The normalized spacial score (nSPS) is 12.3. The van der Waals surface area contributed by atoms with Crippen LogP contribution in [0.25, 0.3) is 0 Å². The summed E-state index contributed by atoms with van der Waals surface area (Å²) in [5.74, 6) is -1.30. The number of hydrogen-bond donors (Lipinski definition) is 1. The Morgan fingerprint density at radius 2 is 2.06 bits per heavy atom. The highest BCUT2D eigenvalue weighted by Gasteiger charge is 2.17. The highest BCUT2D eigenvalue weighted by Crippen LogP contribution is 2.22. The number of aromatic carboxylic acids is 1. The van der Waals surface area contributed by atoms with Crippen molar-refractivity contribution in [2.75, 3.05) is 0 Å². The lowest BCUT2D eigenvalue weighted by atomic mass is 10.3. The Bertz CT molecular complexity index is 606. The molecule has 1 aromatic heterocycles. The van der Waals surface area contributed by atoms with Gasteiger partial charge >= 0.3 is 5.97 Å². The summed E-state index contributed by atoms with van der Waals surface area (Å²) < 4.78 is 16.9. The quantitative estimate of drug-likeness (QED) is 0.937. The molecule has 2 aromatic rings. The molecule has 4 nitrogen and oxygen atoms in total. The van der Waals surface area contributed by atoms with Gasteiger partial charge in [0.05, 0.1) is 32.7 Å². The largest absolute Gasteiger partial charge is 0.475 e. The summed E-state index contributed by atoms with van der Waals surface area (Å²) in [4.78, 5) is 11.3. The molecule has 0 radical (unpaired) electrons. The van der Waals surface area contributed by atoms with Gasteiger partial charge in [-0.15, -0.1) is 0 Å². The van der Waals surface area contributed by atoms with Crippen molar-refractivity contribution in [1.29, 1.82) is 0 Å². The summed E-state index contributed by atoms with van der Waals surface area (Å²) in [6, 6.07) is 8.26. The SMILES string of the molecule is O=C(O)c1occc1CS(=O)c1ccccc1Cl. The molecule has 0 fully saturated rings. The maximum absolute atomic E-state index is 12.1. The standard InChI is InChI=1S/C12H9ClO4S/c13-9-3-1-2-4-10(9)18(16)7-8-5-6-17-11(8)12(14)15/h1-6H,7H2,(H,14,15). The van der Waals surface area contributed by atoms with Crippen molar-refractivity contribution in [2.45, 2.75) is 10.6 Å². The zero-order valence-corrected chi connectivity index (χ0v) is 10.7. The van der Waals surface area contributed by atoms with E-state index in [0.717, 1.165) is 0 Å². The van der Waals surface area contributed by atoms with E-state index in [1.807, 2.05) is 0 Å². The molecule has 0 amide bonds. The van der Waals surface area contributed by atoms with Crippen molar-refractivity contribution in [2.24, 2.45) is 0 Å². The first-order valence-electron chi connectivity index (χ1n) is 5.02. The molecule has 1 aromatic carbocycles. The first-order chi connectivity index (χ1) is 8.59. The fourth-order valence-electron chi connectivity index (χ4n) is 1.49. The van der Waals surface area contributed by atoms with Gasteiger partial charge in [0.2, 0.25) is 5.76 Å². The lowest BCUT2D eigenvalue weighted by molar-refractivity contribution is 0.0661. The van der Waals surface area contributed by atoms with Gasteiger partial charge in [-0.2, -0.15) is 0 Å². The minimum Gasteiger partial charge on any atom is -0.475 e. The van der Waals surface area contributed by atoms with Crippen LogP contribution in [-0.2, 0) is 16.6 Å². The van der Waals surface area contributed by atoms with Gasteiger partial charge in [0.25, 0.3) is 0 Å². The van der Waals surface area contributed by atoms with Crippen LogP contribution < -0.4 is 0 Å². The number of halogens is 1. The molecule has 1 unspecified atom stereocenters. The van der Waals surface area contributed by atoms with Crippen LogP contribution in [-0.4, -0.2) is 15.3 Å². The number of rotatable bonds is 4. The topological polar surface area (TPSA) is 67.5 Å². The van der Waals surface area contributed by atoms with E-state index in [1.54, 1.807) is 24.3 Å². The summed E-state index contributed by atoms with van der Waals surface area (Å²) in [7, 11) is -1.41. The van der Waals surface area contributed by atoms with Gasteiger partial charge in [-0.3, -0.25) is 4.21 Å². The second kappa shape index (κ2) is 5.37. The smallest absolute Gasteiger partial charge is 0.372 e. The Kier molecular flexibility index (Phi) is 3.84. The average molecular weight is 285 g/mol. The van der Waals surface area contributed by atoms with Gasteiger partial charge in [0.1, 0.15) is 0 Å². The molecule has 1 heterocycles. The third kappa shape index (κ3) is 2.63. The Labute approximate surface area is 111 Å². The molecule has 0 spiro atoms. The molecule has 0 aliphatic carbocycles. The molecule has 18 heavy (non-hydrogen) atoms. The van der Waals surface area contributed by atoms with Gasteiger partial charge in [0, 0.05) is 5.56 Å². The van der Waals surface area contributed by atoms with Crippen LogP contribution in [0.4, 0.5) is 0 Å². The van der Waals surface area contributed by atoms with Crippen molar-refractivity contribution in [3.63, 3.8) is 0 Å². The monoisotopic (exact) mass is 284 g/mol. The van der Waals surface area contributed by atoms with E-state index < -0.39 is 16.8 Å². The number of furan rings is 1. The zero-order chi connectivity index (χ0) is 13.1. The number of carboxylic acids is 1. The predicted molar refractivity (Wildman–Crippen MR) is 67.2 cm³/mol. The summed E-state index contributed by atoms with van der Waals surface area (Å²) in [5.41, 5.74) is 0.390. The maximum atomic E-state index is 12.1. The average Bonchev–Trinajstić information content (AvgIpc) is 2.77. The van der Waals surface area contributed by atoms with Crippen LogP contribution in [0.15, 0.2) is 45.9 Å². The lowest BCUT2D eigenvalue weighted by Crippen LogP contribution is -2.03. The van der Waals surface area contributed by atoms with E-state index in [-0.39, 0.29) is 11.5 Å². The van der Waals surface area contributed by atoms with Crippen molar-refractivity contribution >= 4 is 28.4 Å². The fourth-order valence-corrected chi connectivity index (χ4v) is 3.06. The summed E-state index contributed by atoms with van der Waals surface area (Å²) in [6.45, 7) is 0. The van der Waals surface area contributed by atoms with Crippen LogP contribution in [0, 0.1) is 0 Å². The van der Waals surface area contributed by atoms with Crippen molar-refractivity contribution < 1.29 is 18.5 Å². The summed E-state index contributed by atoms with van der Waals surface area (Å²) >= 11 is 5.93. The van der Waals surface area contributed by atoms with Gasteiger partial charge in [-0.1, -0.05) is 23.7 Å². The van der Waals surface area contributed by atoms with Gasteiger partial charge in [0.15, 0.2) is 0 Å². The van der Waals surface area contributed by atoms with Crippen LogP contribution in [0.5, 0.6) is 0 Å². The molecular formula is C12H9ClO4S. The molecule has 94 valence electrons. The molecule has 1 atom stereocenters. The lowest BCUT2D eigenvalue weighted by Gasteiger charge is -2.03. The van der Waals surface area contributed by atoms with Crippen LogP contribution in [0.1, 0.15) is 16.1 Å². The maximum Gasteiger partial charge on any atom is 0.372 e. The number of hydrogen-bond acceptors (Lipinski definition) is 3. The van der Waals surface area contributed by atoms with E-state index in [0.29, 0.717) is 15.5 Å². The fraction of sp³-hybridized carbons (Fsp3) is 0.0833. The van der Waals surface area contributed by atoms with E-state index in [2.05, 4.69) is 0 Å². The van der Waals surface area contributed by atoms with Gasteiger partial charge in [-0.05, 0) is 18.2 Å². The third-order valence-corrected chi connectivity index (χ3v) is 4.17. The number of carboxylic acid groups (broad SMARTS) is 1. The highest BCUT2D eigenvalue weighted by molar-refractivity contribution is 7.84. The Morgan fingerprint density at radius 3 is 2.72 bits per heavy atom. The molecule has 0 saturated carbocycles. The predicted octanol–water partition coefficient (Wildman–Crippen LogP) is 2.94. The van der Waals surface area contributed by atoms with Crippen molar-refractivity contribution in [3.05, 3.63) is 52.9 Å². The first kappa shape index (κ1) is 12.9. The molecule has 2 rings (SSSR count). The zero-order valence-electron chi connectivity index (χ0n) is 9.13. The van der Waals surface area contributed by atoms with Crippen molar-refractivity contribution in [3.8, 4) is 0 Å². The summed E-state index contributed by atoms with van der Waals surface area (Å²) in [5, 5.41) is 9.27. The van der Waals surface area contributed by atoms with E-state index >= 15 is 0 Å². The molecular weight excluding hydrogens is 276 g/mol. The van der Waals surface area contributed by atoms with E-state index in [9.17, 15) is 9.00 Å². The molecule has 1 N–H and O–H groups in total. The molecule has 6 heteroatoms. The van der Waals surface area contributed by atoms with Gasteiger partial charge in [-0.25, -0.2) is 4.79 Å². The van der Waals surface area contributed by atoms with Crippen LogP contribution in [0.3, 0.4) is 0 Å². The molecule has 0 aliphatic heterocycles. The molecule has 0 aliphatic rings. The number of benzene rings is 1. The van der Waals surface area contributed by atoms with Crippen LogP contribution >= 0.6 is 11.6 Å². The second-order valence-corrected chi connectivity index (χ2v) is 5.33. The second-order valence-electron chi connectivity index (χ2n) is 3.50. The third-order valence-electron chi connectivity index (χ3n) is 2.31. The molecule has 0 bridgehead atoms. The Morgan fingerprint density at radius 1 is 1.33 bits per heavy atom. The van der Waals surface area contributed by atoms with Gasteiger partial charge < -0.3 is 9.52 Å². The molecule has 0 saturated heterocycles. The Balaban J connectivity index is 2.25.